The summed E-state index contributed by atoms with van der Waals surface area (Å²) in [6.07, 6.45) is 0.465. The van der Waals surface area contributed by atoms with Gasteiger partial charge >= 0.3 is 0 Å². The number of rotatable bonds is 3. The molecule has 3 aromatic carbocycles. The molecule has 4 heteroatoms. The molecule has 1 fully saturated rings. The Labute approximate surface area is 173 Å². The van der Waals surface area contributed by atoms with E-state index in [0.717, 1.165) is 10.0 Å². The maximum absolute atomic E-state index is 13.3. The molecule has 2 aliphatic heterocycles. The molecular formula is C24H21BrN2O. The van der Waals surface area contributed by atoms with Gasteiger partial charge < -0.3 is 9.80 Å². The van der Waals surface area contributed by atoms with Crippen molar-refractivity contribution in [2.75, 3.05) is 11.9 Å². The van der Waals surface area contributed by atoms with E-state index in [1.807, 2.05) is 18.2 Å². The number of halogens is 1. The molecule has 2 aliphatic rings. The fourth-order valence-electron chi connectivity index (χ4n) is 5.01. The van der Waals surface area contributed by atoms with Crippen molar-refractivity contribution >= 4 is 27.5 Å². The molecule has 2 heterocycles. The topological polar surface area (TPSA) is 23.6 Å². The van der Waals surface area contributed by atoms with Crippen LogP contribution in [0.3, 0.4) is 0 Å². The number of amides is 1. The predicted molar refractivity (Wildman–Crippen MR) is 115 cm³/mol. The fourth-order valence-corrected chi connectivity index (χ4v) is 5.27. The second kappa shape index (κ2) is 6.49. The Bertz CT molecular complexity index is 1030. The third-order valence-corrected chi connectivity index (χ3v) is 6.70. The van der Waals surface area contributed by atoms with Crippen LogP contribution in [0.5, 0.6) is 0 Å². The summed E-state index contributed by atoms with van der Waals surface area (Å²) in [5.41, 5.74) is 4.46. The van der Waals surface area contributed by atoms with E-state index >= 15 is 0 Å². The molecule has 140 valence electrons. The molecule has 0 unspecified atom stereocenters. The summed E-state index contributed by atoms with van der Waals surface area (Å²) in [6.45, 7) is 0.626. The molecule has 0 spiro atoms. The summed E-state index contributed by atoms with van der Waals surface area (Å²) in [6, 6.07) is 27.2. The van der Waals surface area contributed by atoms with E-state index in [9.17, 15) is 4.79 Å². The van der Waals surface area contributed by atoms with Gasteiger partial charge in [-0.25, -0.2) is 0 Å². The highest BCUT2D eigenvalue weighted by molar-refractivity contribution is 9.10. The Hall–Kier alpha value is -2.59. The zero-order valence-corrected chi connectivity index (χ0v) is 17.3. The van der Waals surface area contributed by atoms with E-state index < -0.39 is 0 Å². The number of para-hydroxylation sites is 1. The number of hydrogen-bond donors (Lipinski definition) is 0. The highest BCUT2D eigenvalue weighted by atomic mass is 79.9. The molecule has 28 heavy (non-hydrogen) atoms. The summed E-state index contributed by atoms with van der Waals surface area (Å²) in [7, 11) is 2.11. The Morgan fingerprint density at radius 2 is 1.64 bits per heavy atom. The van der Waals surface area contributed by atoms with Crippen LogP contribution in [0.2, 0.25) is 0 Å². The third-order valence-electron chi connectivity index (χ3n) is 6.17. The van der Waals surface area contributed by atoms with Gasteiger partial charge in [-0.15, -0.1) is 0 Å². The van der Waals surface area contributed by atoms with E-state index in [1.165, 1.54) is 16.8 Å². The van der Waals surface area contributed by atoms with Gasteiger partial charge in [-0.05, 0) is 34.9 Å². The van der Waals surface area contributed by atoms with Crippen LogP contribution in [0.4, 0.5) is 5.69 Å². The molecule has 3 aromatic rings. The lowest BCUT2D eigenvalue weighted by Crippen LogP contribution is -2.49. The standard InChI is InChI=1S/C24H21BrN2O/c1-26-21-10-6-5-9-20(21)24(18-11-13-19(25)14-12-18)15-22(28)27(23(24)26)16-17-7-3-2-4-8-17/h2-14,23H,15-16H2,1H3/t23-,24+/m1/s1. The van der Waals surface area contributed by atoms with E-state index in [4.69, 9.17) is 0 Å². The van der Waals surface area contributed by atoms with Gasteiger partial charge in [0.2, 0.25) is 5.91 Å². The number of benzene rings is 3. The van der Waals surface area contributed by atoms with Gasteiger partial charge in [-0.1, -0.05) is 76.6 Å². The van der Waals surface area contributed by atoms with Crippen LogP contribution >= 0.6 is 15.9 Å². The number of hydrogen-bond acceptors (Lipinski definition) is 2. The minimum absolute atomic E-state index is 0.0289. The van der Waals surface area contributed by atoms with Gasteiger partial charge in [0.05, 0.1) is 5.41 Å². The lowest BCUT2D eigenvalue weighted by Gasteiger charge is -2.36. The number of fused-ring (bicyclic) bond motifs is 3. The van der Waals surface area contributed by atoms with Crippen molar-refractivity contribution in [1.29, 1.82) is 0 Å². The Morgan fingerprint density at radius 3 is 2.39 bits per heavy atom. The lowest BCUT2D eigenvalue weighted by atomic mass is 9.73. The quantitative estimate of drug-likeness (QED) is 0.584. The van der Waals surface area contributed by atoms with Crippen LogP contribution in [-0.4, -0.2) is 24.0 Å². The second-order valence-electron chi connectivity index (χ2n) is 7.66. The number of carbonyl (C=O) groups excluding carboxylic acids is 1. The minimum Gasteiger partial charge on any atom is -0.353 e. The molecule has 0 radical (unpaired) electrons. The van der Waals surface area contributed by atoms with Crippen molar-refractivity contribution in [3.8, 4) is 0 Å². The van der Waals surface area contributed by atoms with Crippen molar-refractivity contribution in [1.82, 2.24) is 4.90 Å². The highest BCUT2D eigenvalue weighted by Gasteiger charge is 2.60. The summed E-state index contributed by atoms with van der Waals surface area (Å²) in [5.74, 6) is 0.207. The maximum atomic E-state index is 13.3. The average molecular weight is 433 g/mol. The zero-order chi connectivity index (χ0) is 19.3. The summed E-state index contributed by atoms with van der Waals surface area (Å²) in [5, 5.41) is 0. The number of likely N-dealkylation sites (N-methyl/N-ethyl adjacent to an activating group) is 1. The number of nitrogens with zero attached hydrogens (tertiary/aromatic N) is 2. The minimum atomic E-state index is -0.349. The first-order valence-electron chi connectivity index (χ1n) is 9.53. The predicted octanol–water partition coefficient (Wildman–Crippen LogP) is 4.94. The van der Waals surface area contributed by atoms with Gasteiger partial charge in [-0.3, -0.25) is 4.79 Å². The van der Waals surface area contributed by atoms with Gasteiger partial charge in [0.15, 0.2) is 0 Å². The van der Waals surface area contributed by atoms with Crippen molar-refractivity contribution in [2.45, 2.75) is 24.5 Å². The van der Waals surface area contributed by atoms with Crippen LogP contribution in [-0.2, 0) is 16.8 Å². The SMILES string of the molecule is CN1c2ccccc2[C@@]2(c3ccc(Br)cc3)CC(=O)N(Cc3ccccc3)[C@@H]12. The molecule has 0 bridgehead atoms. The number of carbonyl (C=O) groups is 1. The average Bonchev–Trinajstić information content (AvgIpc) is 3.14. The van der Waals surface area contributed by atoms with E-state index in [0.29, 0.717) is 13.0 Å². The van der Waals surface area contributed by atoms with Crippen LogP contribution < -0.4 is 4.90 Å². The van der Waals surface area contributed by atoms with Crippen LogP contribution in [0.15, 0.2) is 83.3 Å². The first-order chi connectivity index (χ1) is 13.6. The number of anilines is 1. The monoisotopic (exact) mass is 432 g/mol. The Morgan fingerprint density at radius 1 is 0.964 bits per heavy atom. The van der Waals surface area contributed by atoms with Gasteiger partial charge in [-0.2, -0.15) is 0 Å². The molecular weight excluding hydrogens is 412 g/mol. The smallest absolute Gasteiger partial charge is 0.225 e. The van der Waals surface area contributed by atoms with Gasteiger partial charge in [0.1, 0.15) is 6.17 Å². The van der Waals surface area contributed by atoms with Gasteiger partial charge in [0, 0.05) is 30.2 Å². The van der Waals surface area contributed by atoms with Crippen molar-refractivity contribution in [3.05, 3.63) is 100 Å². The normalized spacial score (nSPS) is 23.1. The number of likely N-dealkylation sites (tertiary alicyclic amines) is 1. The largest absolute Gasteiger partial charge is 0.353 e. The fraction of sp³-hybridized carbons (Fsp3) is 0.208. The lowest BCUT2D eigenvalue weighted by molar-refractivity contribution is -0.129. The summed E-state index contributed by atoms with van der Waals surface area (Å²) in [4.78, 5) is 17.6. The maximum Gasteiger partial charge on any atom is 0.225 e. The van der Waals surface area contributed by atoms with Crippen molar-refractivity contribution < 1.29 is 4.79 Å². The third kappa shape index (κ3) is 2.44. The summed E-state index contributed by atoms with van der Waals surface area (Å²) < 4.78 is 1.05. The molecule has 0 saturated carbocycles. The van der Waals surface area contributed by atoms with E-state index in [2.05, 4.69) is 93.4 Å². The highest BCUT2D eigenvalue weighted by Crippen LogP contribution is 2.55. The first-order valence-corrected chi connectivity index (χ1v) is 10.3. The molecule has 5 rings (SSSR count). The molecule has 0 N–H and O–H groups in total. The van der Waals surface area contributed by atoms with Crippen LogP contribution in [0.1, 0.15) is 23.1 Å². The molecule has 0 aromatic heterocycles. The van der Waals surface area contributed by atoms with Gasteiger partial charge in [0.25, 0.3) is 0 Å². The zero-order valence-electron chi connectivity index (χ0n) is 15.7. The van der Waals surface area contributed by atoms with Crippen molar-refractivity contribution in [3.63, 3.8) is 0 Å². The molecule has 1 amide bonds. The van der Waals surface area contributed by atoms with Crippen LogP contribution in [0, 0.1) is 0 Å². The Balaban J connectivity index is 1.67. The summed E-state index contributed by atoms with van der Waals surface area (Å²) >= 11 is 3.55. The van der Waals surface area contributed by atoms with Crippen molar-refractivity contribution in [2.24, 2.45) is 0 Å². The molecule has 0 aliphatic carbocycles. The second-order valence-corrected chi connectivity index (χ2v) is 8.58. The first kappa shape index (κ1) is 17.5. The molecule has 2 atom stereocenters. The molecule has 3 nitrogen and oxygen atoms in total. The molecule has 1 saturated heterocycles. The van der Waals surface area contributed by atoms with E-state index in [1.54, 1.807) is 0 Å². The van der Waals surface area contributed by atoms with Crippen LogP contribution in [0.25, 0.3) is 0 Å². The Kier molecular flexibility index (Phi) is 4.06. The van der Waals surface area contributed by atoms with E-state index in [-0.39, 0.29) is 17.5 Å².